The third kappa shape index (κ3) is 3.22. The number of nitro groups is 1. The molecule has 0 unspecified atom stereocenters. The smallest absolute Gasteiger partial charge is 0.339 e. The van der Waals surface area contributed by atoms with E-state index in [1.807, 2.05) is 0 Å². The maximum atomic E-state index is 12.5. The van der Waals surface area contributed by atoms with Gasteiger partial charge < -0.3 is 4.90 Å². The maximum Gasteiger partial charge on any atom is 0.405 e. The molecule has 10 heteroatoms. The van der Waals surface area contributed by atoms with Crippen molar-refractivity contribution < 1.29 is 18.1 Å². The van der Waals surface area contributed by atoms with Crippen molar-refractivity contribution in [3.63, 3.8) is 0 Å². The molecule has 1 saturated carbocycles. The lowest BCUT2D eigenvalue weighted by Gasteiger charge is -2.24. The quantitative estimate of drug-likeness (QED) is 0.485. The SMILES string of the molecule is O=[N+]([O-])c1c(Cl)ncnc1N(CC(F)(F)F)C1CC1. The average Bonchev–Trinajstić information content (AvgIpc) is 3.07. The van der Waals surface area contributed by atoms with Crippen molar-refractivity contribution in [2.45, 2.75) is 25.1 Å². The van der Waals surface area contributed by atoms with Crippen molar-refractivity contribution in [2.75, 3.05) is 11.4 Å². The minimum atomic E-state index is -4.48. The Morgan fingerprint density at radius 3 is 2.58 bits per heavy atom. The van der Waals surface area contributed by atoms with Crippen molar-refractivity contribution in [3.8, 4) is 0 Å². The van der Waals surface area contributed by atoms with Gasteiger partial charge in [-0.1, -0.05) is 11.6 Å². The lowest BCUT2D eigenvalue weighted by Crippen LogP contribution is -2.37. The van der Waals surface area contributed by atoms with Crippen LogP contribution in [-0.2, 0) is 0 Å². The molecule has 1 aromatic heterocycles. The van der Waals surface area contributed by atoms with Gasteiger partial charge in [0.15, 0.2) is 0 Å². The van der Waals surface area contributed by atoms with Crippen LogP contribution in [0.3, 0.4) is 0 Å². The molecule has 1 fully saturated rings. The van der Waals surface area contributed by atoms with Gasteiger partial charge in [0, 0.05) is 6.04 Å². The average molecular weight is 297 g/mol. The van der Waals surface area contributed by atoms with Gasteiger partial charge in [0.25, 0.3) is 0 Å². The lowest BCUT2D eigenvalue weighted by atomic mass is 10.3. The summed E-state index contributed by atoms with van der Waals surface area (Å²) in [6, 6.07) is -0.397. The van der Waals surface area contributed by atoms with Crippen molar-refractivity contribution in [1.29, 1.82) is 0 Å². The Bertz CT molecular complexity index is 507. The van der Waals surface area contributed by atoms with Crippen LogP contribution in [0.25, 0.3) is 0 Å². The highest BCUT2D eigenvalue weighted by molar-refractivity contribution is 6.31. The first-order chi connectivity index (χ1) is 8.79. The zero-order valence-corrected chi connectivity index (χ0v) is 10.1. The summed E-state index contributed by atoms with van der Waals surface area (Å²) < 4.78 is 37.6. The minimum Gasteiger partial charge on any atom is -0.339 e. The number of hydrogen-bond donors (Lipinski definition) is 0. The lowest BCUT2D eigenvalue weighted by molar-refractivity contribution is -0.384. The second-order valence-electron chi connectivity index (χ2n) is 4.07. The van der Waals surface area contributed by atoms with E-state index in [1.54, 1.807) is 0 Å². The summed E-state index contributed by atoms with van der Waals surface area (Å²) in [5, 5.41) is 10.4. The van der Waals surface area contributed by atoms with Crippen LogP contribution < -0.4 is 4.90 Å². The molecule has 0 amide bonds. The van der Waals surface area contributed by atoms with Crippen LogP contribution in [-0.4, -0.2) is 33.7 Å². The molecule has 6 nitrogen and oxygen atoms in total. The first-order valence-electron chi connectivity index (χ1n) is 5.28. The minimum absolute atomic E-state index is 0.384. The van der Waals surface area contributed by atoms with Gasteiger partial charge in [0.05, 0.1) is 4.92 Å². The van der Waals surface area contributed by atoms with Crippen LogP contribution in [0, 0.1) is 10.1 Å². The highest BCUT2D eigenvalue weighted by Gasteiger charge is 2.42. The van der Waals surface area contributed by atoms with Gasteiger partial charge in [-0.2, -0.15) is 13.2 Å². The van der Waals surface area contributed by atoms with E-state index in [1.165, 1.54) is 0 Å². The Balaban J connectivity index is 2.42. The second kappa shape index (κ2) is 4.80. The van der Waals surface area contributed by atoms with E-state index in [0.717, 1.165) is 11.2 Å². The molecule has 0 saturated heterocycles. The summed E-state index contributed by atoms with van der Waals surface area (Å²) in [4.78, 5) is 17.9. The van der Waals surface area contributed by atoms with E-state index < -0.39 is 34.5 Å². The summed E-state index contributed by atoms with van der Waals surface area (Å²) in [5.74, 6) is -0.384. The van der Waals surface area contributed by atoms with Crippen LogP contribution >= 0.6 is 11.6 Å². The van der Waals surface area contributed by atoms with Crippen LogP contribution in [0.5, 0.6) is 0 Å². The highest BCUT2D eigenvalue weighted by atomic mass is 35.5. The molecule has 104 valence electrons. The predicted molar refractivity (Wildman–Crippen MR) is 60.1 cm³/mol. The number of anilines is 1. The summed E-state index contributed by atoms with van der Waals surface area (Å²) >= 11 is 5.56. The topological polar surface area (TPSA) is 72.2 Å². The van der Waals surface area contributed by atoms with Crippen LogP contribution in [0.4, 0.5) is 24.7 Å². The third-order valence-corrected chi connectivity index (χ3v) is 2.83. The van der Waals surface area contributed by atoms with Gasteiger partial charge in [-0.3, -0.25) is 10.1 Å². The van der Waals surface area contributed by atoms with E-state index >= 15 is 0 Å². The first kappa shape index (κ1) is 13.8. The first-order valence-corrected chi connectivity index (χ1v) is 5.65. The standard InChI is InChI=1S/C9H8ClF3N4O2/c10-7-6(17(18)19)8(15-4-14-7)16(5-1-2-5)3-9(11,12)13/h4-5H,1-3H2. The number of aromatic nitrogens is 2. The highest BCUT2D eigenvalue weighted by Crippen LogP contribution is 2.39. The van der Waals surface area contributed by atoms with Crippen molar-refractivity contribution >= 4 is 23.1 Å². The molecule has 0 aliphatic heterocycles. The summed E-state index contributed by atoms with van der Waals surface area (Å²) in [5.41, 5.74) is -0.694. The van der Waals surface area contributed by atoms with Crippen molar-refractivity contribution in [2.24, 2.45) is 0 Å². The van der Waals surface area contributed by atoms with Gasteiger partial charge in [0.2, 0.25) is 11.0 Å². The monoisotopic (exact) mass is 296 g/mol. The van der Waals surface area contributed by atoms with Crippen LogP contribution in [0.1, 0.15) is 12.8 Å². The van der Waals surface area contributed by atoms with E-state index in [9.17, 15) is 23.3 Å². The molecule has 1 aliphatic carbocycles. The fraction of sp³-hybridized carbons (Fsp3) is 0.556. The largest absolute Gasteiger partial charge is 0.405 e. The van der Waals surface area contributed by atoms with Gasteiger partial charge in [-0.15, -0.1) is 0 Å². The zero-order valence-electron chi connectivity index (χ0n) is 9.39. The number of halogens is 4. The number of alkyl halides is 3. The van der Waals surface area contributed by atoms with E-state index in [2.05, 4.69) is 9.97 Å². The molecule has 0 bridgehead atoms. The predicted octanol–water partition coefficient (Wildman–Crippen LogP) is 2.57. The van der Waals surface area contributed by atoms with Crippen LogP contribution in [0.15, 0.2) is 6.33 Å². The second-order valence-corrected chi connectivity index (χ2v) is 4.43. The summed E-state index contributed by atoms with van der Waals surface area (Å²) in [6.45, 7) is -1.30. The molecule has 0 spiro atoms. The third-order valence-electron chi connectivity index (χ3n) is 2.55. The fourth-order valence-electron chi connectivity index (χ4n) is 1.67. The Labute approximate surface area is 110 Å². The van der Waals surface area contributed by atoms with Crippen molar-refractivity contribution in [3.05, 3.63) is 21.6 Å². The van der Waals surface area contributed by atoms with Crippen LogP contribution in [0.2, 0.25) is 5.15 Å². The molecular formula is C9H8ClF3N4O2. The molecule has 1 heterocycles. The Kier molecular flexibility index (Phi) is 3.48. The molecule has 0 N–H and O–H groups in total. The van der Waals surface area contributed by atoms with E-state index in [0.29, 0.717) is 12.8 Å². The fourth-order valence-corrected chi connectivity index (χ4v) is 1.87. The Morgan fingerprint density at radius 1 is 1.47 bits per heavy atom. The molecule has 1 aromatic rings. The molecule has 19 heavy (non-hydrogen) atoms. The molecular weight excluding hydrogens is 289 g/mol. The number of rotatable bonds is 4. The number of nitrogens with zero attached hydrogens (tertiary/aromatic N) is 4. The zero-order chi connectivity index (χ0) is 14.2. The molecule has 2 rings (SSSR count). The molecule has 0 atom stereocenters. The van der Waals surface area contributed by atoms with E-state index in [-0.39, 0.29) is 5.82 Å². The Morgan fingerprint density at radius 2 is 2.11 bits per heavy atom. The molecule has 1 aliphatic rings. The van der Waals surface area contributed by atoms with E-state index in [4.69, 9.17) is 11.6 Å². The number of hydrogen-bond acceptors (Lipinski definition) is 5. The van der Waals surface area contributed by atoms with Crippen molar-refractivity contribution in [1.82, 2.24) is 9.97 Å². The van der Waals surface area contributed by atoms with Gasteiger partial charge >= 0.3 is 11.9 Å². The van der Waals surface area contributed by atoms with Gasteiger partial charge in [-0.25, -0.2) is 9.97 Å². The summed E-state index contributed by atoms with van der Waals surface area (Å²) in [7, 11) is 0. The molecule has 0 radical (unpaired) electrons. The van der Waals surface area contributed by atoms with Gasteiger partial charge in [0.1, 0.15) is 12.9 Å². The van der Waals surface area contributed by atoms with Gasteiger partial charge in [-0.05, 0) is 12.8 Å². The maximum absolute atomic E-state index is 12.5. The molecule has 0 aromatic carbocycles. The Hall–Kier alpha value is -1.64. The normalized spacial score (nSPS) is 15.4. The summed E-state index contributed by atoms with van der Waals surface area (Å²) in [6.07, 6.45) is -2.49.